The van der Waals surface area contributed by atoms with Crippen LogP contribution in [0.3, 0.4) is 0 Å². The largest absolute Gasteiger partial charge is 0.481 e. The Morgan fingerprint density at radius 3 is 2.68 bits per heavy atom. The van der Waals surface area contributed by atoms with Crippen LogP contribution >= 0.6 is 0 Å². The van der Waals surface area contributed by atoms with Gasteiger partial charge in [-0.05, 0) is 35.6 Å². The first kappa shape index (κ1) is 13.2. The van der Waals surface area contributed by atoms with Crippen molar-refractivity contribution >= 4 is 5.97 Å². The Hall–Kier alpha value is -2.23. The van der Waals surface area contributed by atoms with Crippen LogP contribution in [0.5, 0.6) is 0 Å². The molecule has 1 N–H and O–H groups in total. The van der Waals surface area contributed by atoms with E-state index in [1.54, 1.807) is 36.7 Å². The molecule has 1 unspecified atom stereocenters. The molecule has 98 valence electrons. The van der Waals surface area contributed by atoms with Crippen molar-refractivity contribution in [3.05, 3.63) is 65.7 Å². The number of nitrogens with zero attached hydrogens (tertiary/aromatic N) is 1. The third-order valence-corrected chi connectivity index (χ3v) is 3.00. The molecule has 0 saturated heterocycles. The zero-order valence-electron chi connectivity index (χ0n) is 10.3. The number of pyridine rings is 1. The van der Waals surface area contributed by atoms with Crippen molar-refractivity contribution in [2.24, 2.45) is 0 Å². The number of aliphatic carboxylic acids is 1. The zero-order valence-corrected chi connectivity index (χ0v) is 10.3. The van der Waals surface area contributed by atoms with Gasteiger partial charge in [-0.25, -0.2) is 4.39 Å². The number of carbonyl (C=O) groups is 1. The average Bonchev–Trinajstić information content (AvgIpc) is 2.41. The summed E-state index contributed by atoms with van der Waals surface area (Å²) in [7, 11) is 0. The van der Waals surface area contributed by atoms with Gasteiger partial charge in [0.15, 0.2) is 0 Å². The molecule has 1 aromatic carbocycles. The molecule has 19 heavy (non-hydrogen) atoms. The van der Waals surface area contributed by atoms with Crippen LogP contribution in [0.2, 0.25) is 0 Å². The standard InChI is InChI=1S/C15H14FNO2/c16-14-6-2-1-4-11(14)8-13(9-15(18)19)12-5-3-7-17-10-12/h1-7,10,13H,8-9H2,(H,18,19). The van der Waals surface area contributed by atoms with Crippen LogP contribution in [0.1, 0.15) is 23.5 Å². The molecule has 1 heterocycles. The molecule has 0 fully saturated rings. The number of rotatable bonds is 5. The van der Waals surface area contributed by atoms with Gasteiger partial charge in [0, 0.05) is 12.4 Å². The number of hydrogen-bond donors (Lipinski definition) is 1. The minimum absolute atomic E-state index is 0.0416. The van der Waals surface area contributed by atoms with Crippen LogP contribution in [0.25, 0.3) is 0 Å². The highest BCUT2D eigenvalue weighted by Gasteiger charge is 2.18. The third-order valence-electron chi connectivity index (χ3n) is 3.00. The Balaban J connectivity index is 2.24. The first-order valence-electron chi connectivity index (χ1n) is 6.02. The van der Waals surface area contributed by atoms with Crippen molar-refractivity contribution in [2.75, 3.05) is 0 Å². The molecule has 2 rings (SSSR count). The van der Waals surface area contributed by atoms with Crippen molar-refractivity contribution in [1.29, 1.82) is 0 Å². The summed E-state index contributed by atoms with van der Waals surface area (Å²) in [6.45, 7) is 0. The van der Waals surface area contributed by atoms with Crippen LogP contribution in [-0.2, 0) is 11.2 Å². The van der Waals surface area contributed by atoms with Crippen molar-refractivity contribution in [1.82, 2.24) is 4.98 Å². The SMILES string of the molecule is O=C(O)CC(Cc1ccccc1F)c1cccnc1. The molecule has 2 aromatic rings. The van der Waals surface area contributed by atoms with E-state index in [2.05, 4.69) is 4.98 Å². The van der Waals surface area contributed by atoms with Crippen LogP contribution in [0.15, 0.2) is 48.8 Å². The molecule has 0 spiro atoms. The van der Waals surface area contributed by atoms with Gasteiger partial charge in [0.05, 0.1) is 6.42 Å². The monoisotopic (exact) mass is 259 g/mol. The van der Waals surface area contributed by atoms with E-state index in [1.807, 2.05) is 6.07 Å². The summed E-state index contributed by atoms with van der Waals surface area (Å²) < 4.78 is 13.6. The Morgan fingerprint density at radius 2 is 2.05 bits per heavy atom. The molecule has 0 amide bonds. The quantitative estimate of drug-likeness (QED) is 0.897. The van der Waals surface area contributed by atoms with Crippen LogP contribution in [0, 0.1) is 5.82 Å². The van der Waals surface area contributed by atoms with Gasteiger partial charge in [0.2, 0.25) is 0 Å². The van der Waals surface area contributed by atoms with Crippen LogP contribution in [-0.4, -0.2) is 16.1 Å². The Morgan fingerprint density at radius 1 is 1.26 bits per heavy atom. The number of aromatic nitrogens is 1. The van der Waals surface area contributed by atoms with Gasteiger partial charge in [-0.15, -0.1) is 0 Å². The number of carboxylic acid groups (broad SMARTS) is 1. The van der Waals surface area contributed by atoms with Crippen molar-refractivity contribution < 1.29 is 14.3 Å². The lowest BCUT2D eigenvalue weighted by Crippen LogP contribution is -2.10. The fraction of sp³-hybridized carbons (Fsp3) is 0.200. The van der Waals surface area contributed by atoms with Crippen molar-refractivity contribution in [3.63, 3.8) is 0 Å². The van der Waals surface area contributed by atoms with Gasteiger partial charge in [-0.3, -0.25) is 9.78 Å². The Labute approximate surface area is 110 Å². The predicted molar refractivity (Wildman–Crippen MR) is 69.3 cm³/mol. The second-order valence-corrected chi connectivity index (χ2v) is 4.38. The number of hydrogen-bond acceptors (Lipinski definition) is 2. The Kier molecular flexibility index (Phi) is 4.23. The molecule has 0 radical (unpaired) electrons. The lowest BCUT2D eigenvalue weighted by molar-refractivity contribution is -0.137. The maximum Gasteiger partial charge on any atom is 0.303 e. The smallest absolute Gasteiger partial charge is 0.303 e. The van der Waals surface area contributed by atoms with E-state index >= 15 is 0 Å². The van der Waals surface area contributed by atoms with Gasteiger partial charge >= 0.3 is 5.97 Å². The second-order valence-electron chi connectivity index (χ2n) is 4.38. The average molecular weight is 259 g/mol. The number of halogens is 1. The Bertz CT molecular complexity index is 557. The van der Waals surface area contributed by atoms with Gasteiger partial charge in [0.1, 0.15) is 5.82 Å². The van der Waals surface area contributed by atoms with E-state index in [0.29, 0.717) is 12.0 Å². The highest BCUT2D eigenvalue weighted by Crippen LogP contribution is 2.25. The van der Waals surface area contributed by atoms with Crippen LogP contribution < -0.4 is 0 Å². The zero-order chi connectivity index (χ0) is 13.7. The van der Waals surface area contributed by atoms with E-state index in [9.17, 15) is 9.18 Å². The normalized spacial score (nSPS) is 12.1. The first-order valence-corrected chi connectivity index (χ1v) is 6.02. The summed E-state index contributed by atoms with van der Waals surface area (Å²) in [4.78, 5) is 14.9. The maximum atomic E-state index is 13.6. The summed E-state index contributed by atoms with van der Waals surface area (Å²) in [5.74, 6) is -1.48. The third kappa shape index (κ3) is 3.61. The summed E-state index contributed by atoms with van der Waals surface area (Å²) in [6.07, 6.45) is 3.57. The summed E-state index contributed by atoms with van der Waals surface area (Å²) in [5, 5.41) is 8.98. The predicted octanol–water partition coefficient (Wildman–Crippen LogP) is 3.02. The highest BCUT2D eigenvalue weighted by atomic mass is 19.1. The van der Waals surface area contributed by atoms with Gasteiger partial charge in [-0.1, -0.05) is 24.3 Å². The van der Waals surface area contributed by atoms with Gasteiger partial charge in [0.25, 0.3) is 0 Å². The molecule has 0 aliphatic rings. The number of benzene rings is 1. The fourth-order valence-electron chi connectivity index (χ4n) is 2.07. The van der Waals surface area contributed by atoms with E-state index in [4.69, 9.17) is 5.11 Å². The maximum absolute atomic E-state index is 13.6. The molecule has 3 nitrogen and oxygen atoms in total. The lowest BCUT2D eigenvalue weighted by Gasteiger charge is -2.15. The van der Waals surface area contributed by atoms with E-state index in [1.165, 1.54) is 6.07 Å². The van der Waals surface area contributed by atoms with E-state index in [0.717, 1.165) is 5.56 Å². The minimum atomic E-state index is -0.898. The molecule has 4 heteroatoms. The summed E-state index contributed by atoms with van der Waals surface area (Å²) in [5.41, 5.74) is 1.34. The molecule has 0 aliphatic carbocycles. The van der Waals surface area contributed by atoms with Crippen LogP contribution in [0.4, 0.5) is 4.39 Å². The first-order chi connectivity index (χ1) is 9.16. The molecule has 1 atom stereocenters. The molecule has 0 saturated carbocycles. The molecule has 0 aliphatic heterocycles. The number of carboxylic acids is 1. The molecule has 0 bridgehead atoms. The molecular formula is C15H14FNO2. The summed E-state index contributed by atoms with van der Waals surface area (Å²) in [6, 6.07) is 10.0. The van der Waals surface area contributed by atoms with Gasteiger partial charge in [-0.2, -0.15) is 0 Å². The topological polar surface area (TPSA) is 50.2 Å². The molecular weight excluding hydrogens is 245 g/mol. The minimum Gasteiger partial charge on any atom is -0.481 e. The fourth-order valence-corrected chi connectivity index (χ4v) is 2.07. The lowest BCUT2D eigenvalue weighted by atomic mass is 9.90. The summed E-state index contributed by atoms with van der Waals surface area (Å²) >= 11 is 0. The van der Waals surface area contributed by atoms with Crippen molar-refractivity contribution in [2.45, 2.75) is 18.8 Å². The van der Waals surface area contributed by atoms with E-state index in [-0.39, 0.29) is 18.2 Å². The highest BCUT2D eigenvalue weighted by molar-refractivity contribution is 5.68. The van der Waals surface area contributed by atoms with Gasteiger partial charge < -0.3 is 5.11 Å². The molecule has 1 aromatic heterocycles. The van der Waals surface area contributed by atoms with E-state index < -0.39 is 5.97 Å². The second kappa shape index (κ2) is 6.09. The van der Waals surface area contributed by atoms with Crippen molar-refractivity contribution in [3.8, 4) is 0 Å².